The highest BCUT2D eigenvalue weighted by molar-refractivity contribution is 5.86. The molecule has 0 saturated carbocycles. The van der Waals surface area contributed by atoms with Crippen LogP contribution < -0.4 is 16.2 Å². The van der Waals surface area contributed by atoms with Gasteiger partial charge in [-0.2, -0.15) is 13.2 Å². The van der Waals surface area contributed by atoms with Crippen LogP contribution in [0, 0.1) is 0 Å². The summed E-state index contributed by atoms with van der Waals surface area (Å²) in [5, 5.41) is 2.50. The first-order valence-corrected chi connectivity index (χ1v) is 9.06. The Kier molecular flexibility index (Phi) is 7.25. The Morgan fingerprint density at radius 2 is 1.73 bits per heavy atom. The zero-order valence-corrected chi connectivity index (χ0v) is 16.7. The molecule has 10 heteroatoms. The Balaban J connectivity index is 2.05. The number of carbonyl (C=O) groups excluding carboxylic acids is 2. The molecule has 0 aliphatic carbocycles. The summed E-state index contributed by atoms with van der Waals surface area (Å²) in [4.78, 5) is 28.3. The number of carbonyl (C=O) groups is 2. The summed E-state index contributed by atoms with van der Waals surface area (Å²) in [5.74, 6) is -0.613. The van der Waals surface area contributed by atoms with Gasteiger partial charge in [0.15, 0.2) is 0 Å². The van der Waals surface area contributed by atoms with Crippen LogP contribution in [-0.2, 0) is 22.1 Å². The van der Waals surface area contributed by atoms with E-state index in [0.717, 1.165) is 17.7 Å². The Morgan fingerprint density at radius 3 is 2.27 bits per heavy atom. The van der Waals surface area contributed by atoms with Crippen LogP contribution in [-0.4, -0.2) is 28.6 Å². The van der Waals surface area contributed by atoms with Crippen LogP contribution in [0.3, 0.4) is 0 Å². The number of hydrogen-bond acceptors (Lipinski definition) is 5. The van der Waals surface area contributed by atoms with Gasteiger partial charge in [0.05, 0.1) is 5.56 Å². The highest BCUT2D eigenvalue weighted by Gasteiger charge is 2.30. The van der Waals surface area contributed by atoms with E-state index in [-0.39, 0.29) is 12.2 Å². The SMILES string of the molecule is CC(C)(C)OC(=O)NC(Cc1ccccc1)C(=O)NNc1ccc(C(F)(F)F)cn1. The van der Waals surface area contributed by atoms with Crippen molar-refractivity contribution in [3.63, 3.8) is 0 Å². The number of rotatable bonds is 6. The number of hydrazine groups is 1. The molecule has 3 N–H and O–H groups in total. The van der Waals surface area contributed by atoms with E-state index in [1.54, 1.807) is 45.0 Å². The highest BCUT2D eigenvalue weighted by atomic mass is 19.4. The number of hydrogen-bond donors (Lipinski definition) is 3. The number of anilines is 1. The number of ether oxygens (including phenoxy) is 1. The van der Waals surface area contributed by atoms with Crippen LogP contribution >= 0.6 is 0 Å². The maximum Gasteiger partial charge on any atom is 0.417 e. The Bertz CT molecular complexity index is 850. The predicted molar refractivity (Wildman–Crippen MR) is 104 cm³/mol. The first kappa shape index (κ1) is 23.0. The molecule has 2 aromatic rings. The van der Waals surface area contributed by atoms with Crippen molar-refractivity contribution in [3.05, 3.63) is 59.8 Å². The van der Waals surface area contributed by atoms with Crippen molar-refractivity contribution in [2.24, 2.45) is 0 Å². The third kappa shape index (κ3) is 7.61. The summed E-state index contributed by atoms with van der Waals surface area (Å²) in [6.45, 7) is 5.07. The Morgan fingerprint density at radius 1 is 1.07 bits per heavy atom. The number of alkyl halides is 3. The predicted octanol–water partition coefficient (Wildman–Crippen LogP) is 3.68. The van der Waals surface area contributed by atoms with Gasteiger partial charge in [0.2, 0.25) is 0 Å². The Labute approximate surface area is 172 Å². The molecule has 0 bridgehead atoms. The third-order valence-corrected chi connectivity index (χ3v) is 3.69. The molecule has 1 heterocycles. The van der Waals surface area contributed by atoms with Crippen molar-refractivity contribution in [1.29, 1.82) is 0 Å². The molecule has 1 unspecified atom stereocenters. The van der Waals surface area contributed by atoms with Crippen LogP contribution in [0.1, 0.15) is 31.9 Å². The second-order valence-electron chi connectivity index (χ2n) is 7.43. The first-order chi connectivity index (χ1) is 13.9. The number of nitrogens with one attached hydrogen (secondary N) is 3. The second-order valence-corrected chi connectivity index (χ2v) is 7.43. The smallest absolute Gasteiger partial charge is 0.417 e. The second kappa shape index (κ2) is 9.47. The molecule has 0 saturated heterocycles. The molecule has 0 fully saturated rings. The number of alkyl carbamates (subject to hydrolysis) is 1. The standard InChI is InChI=1S/C20H23F3N4O3/c1-19(2,3)30-18(29)25-15(11-13-7-5-4-6-8-13)17(28)27-26-16-10-9-14(12-24-16)20(21,22)23/h4-10,12,15H,11H2,1-3H3,(H,24,26)(H,25,29)(H,27,28). The molecule has 0 aliphatic heterocycles. The van der Waals surface area contributed by atoms with Crippen molar-refractivity contribution in [3.8, 4) is 0 Å². The van der Waals surface area contributed by atoms with Crippen molar-refractivity contribution in [1.82, 2.24) is 15.7 Å². The lowest BCUT2D eigenvalue weighted by molar-refractivity contribution is -0.137. The molecule has 1 aromatic heterocycles. The third-order valence-electron chi connectivity index (χ3n) is 3.69. The molecule has 1 atom stereocenters. The van der Waals surface area contributed by atoms with Gasteiger partial charge in [-0.25, -0.2) is 9.78 Å². The fraction of sp³-hybridized carbons (Fsp3) is 0.350. The molecule has 2 amide bonds. The van der Waals surface area contributed by atoms with Gasteiger partial charge in [0.1, 0.15) is 17.5 Å². The quantitative estimate of drug-likeness (QED) is 0.616. The van der Waals surface area contributed by atoms with Gasteiger partial charge in [0.25, 0.3) is 5.91 Å². The van der Waals surface area contributed by atoms with Crippen LogP contribution in [0.25, 0.3) is 0 Å². The zero-order chi connectivity index (χ0) is 22.4. The van der Waals surface area contributed by atoms with Crippen LogP contribution in [0.2, 0.25) is 0 Å². The van der Waals surface area contributed by atoms with E-state index < -0.39 is 35.4 Å². The van der Waals surface area contributed by atoms with E-state index in [0.29, 0.717) is 6.20 Å². The van der Waals surface area contributed by atoms with Gasteiger partial charge in [-0.05, 0) is 38.5 Å². The van der Waals surface area contributed by atoms with Gasteiger partial charge in [0, 0.05) is 12.6 Å². The van der Waals surface area contributed by atoms with Crippen molar-refractivity contribution in [2.75, 3.05) is 5.43 Å². The molecule has 30 heavy (non-hydrogen) atoms. The van der Waals surface area contributed by atoms with Gasteiger partial charge < -0.3 is 10.1 Å². The number of pyridine rings is 1. The average molecular weight is 424 g/mol. The number of benzene rings is 1. The highest BCUT2D eigenvalue weighted by Crippen LogP contribution is 2.28. The largest absolute Gasteiger partial charge is 0.444 e. The fourth-order valence-electron chi connectivity index (χ4n) is 2.36. The molecular weight excluding hydrogens is 401 g/mol. The van der Waals surface area contributed by atoms with Crippen LogP contribution in [0.15, 0.2) is 48.7 Å². The van der Waals surface area contributed by atoms with Gasteiger partial charge in [-0.15, -0.1) is 0 Å². The first-order valence-electron chi connectivity index (χ1n) is 9.06. The van der Waals surface area contributed by atoms with E-state index in [1.165, 1.54) is 0 Å². The summed E-state index contributed by atoms with van der Waals surface area (Å²) >= 11 is 0. The molecule has 2 rings (SSSR count). The Hall–Kier alpha value is -3.30. The van der Waals surface area contributed by atoms with E-state index in [1.807, 2.05) is 6.07 Å². The normalized spacial score (nSPS) is 12.6. The van der Waals surface area contributed by atoms with Gasteiger partial charge >= 0.3 is 12.3 Å². The zero-order valence-electron chi connectivity index (χ0n) is 16.7. The van der Waals surface area contributed by atoms with E-state index in [4.69, 9.17) is 4.74 Å². The minimum absolute atomic E-state index is 0.00655. The van der Waals surface area contributed by atoms with Gasteiger partial charge in [-0.1, -0.05) is 30.3 Å². The number of amides is 2. The summed E-state index contributed by atoms with van der Waals surface area (Å²) in [7, 11) is 0. The van der Waals surface area contributed by atoms with Gasteiger partial charge in [-0.3, -0.25) is 15.6 Å². The number of nitrogens with zero attached hydrogens (tertiary/aromatic N) is 1. The molecule has 1 aromatic carbocycles. The van der Waals surface area contributed by atoms with Crippen molar-refractivity contribution >= 4 is 17.8 Å². The summed E-state index contributed by atoms with van der Waals surface area (Å²) in [6.07, 6.45) is -4.46. The van der Waals surface area contributed by atoms with Crippen LogP contribution in [0.4, 0.5) is 23.8 Å². The molecule has 162 valence electrons. The number of aromatic nitrogens is 1. The monoisotopic (exact) mass is 424 g/mol. The lowest BCUT2D eigenvalue weighted by Gasteiger charge is -2.23. The summed E-state index contributed by atoms with van der Waals surface area (Å²) in [5.41, 5.74) is 3.92. The van der Waals surface area contributed by atoms with E-state index in [2.05, 4.69) is 21.2 Å². The molecule has 0 spiro atoms. The summed E-state index contributed by atoms with van der Waals surface area (Å²) < 4.78 is 43.0. The van der Waals surface area contributed by atoms with E-state index in [9.17, 15) is 22.8 Å². The maximum absolute atomic E-state index is 12.6. The molecule has 0 radical (unpaired) electrons. The minimum Gasteiger partial charge on any atom is -0.444 e. The van der Waals surface area contributed by atoms with Crippen LogP contribution in [0.5, 0.6) is 0 Å². The lowest BCUT2D eigenvalue weighted by Crippen LogP contribution is -2.50. The number of halogens is 3. The van der Waals surface area contributed by atoms with Crippen molar-refractivity contribution in [2.45, 2.75) is 45.0 Å². The average Bonchev–Trinajstić information content (AvgIpc) is 2.64. The lowest BCUT2D eigenvalue weighted by atomic mass is 10.1. The minimum atomic E-state index is -4.51. The molecule has 7 nitrogen and oxygen atoms in total. The fourth-order valence-corrected chi connectivity index (χ4v) is 2.36. The molecule has 0 aliphatic rings. The van der Waals surface area contributed by atoms with E-state index >= 15 is 0 Å². The van der Waals surface area contributed by atoms with Crippen molar-refractivity contribution < 1.29 is 27.5 Å². The maximum atomic E-state index is 12.6. The summed E-state index contributed by atoms with van der Waals surface area (Å²) in [6, 6.07) is 9.91. The molecular formula is C20H23F3N4O3. The topological polar surface area (TPSA) is 92.3 Å².